The highest BCUT2D eigenvalue weighted by Gasteiger charge is 2.22. The molecule has 12 nitrogen and oxygen atoms in total. The van der Waals surface area contributed by atoms with Gasteiger partial charge in [-0.3, -0.25) is 9.11 Å². The predicted molar refractivity (Wildman–Crippen MR) is 161 cm³/mol. The molecule has 5 aromatic rings. The maximum absolute atomic E-state index is 12.2. The Morgan fingerprint density at radius 3 is 1.77 bits per heavy atom. The fourth-order valence-corrected chi connectivity index (χ4v) is 5.22. The number of hydrogen-bond donors (Lipinski definition) is 4. The molecule has 0 spiro atoms. The van der Waals surface area contributed by atoms with Gasteiger partial charge in [0.2, 0.25) is 0 Å². The lowest BCUT2D eigenvalue weighted by atomic mass is 10.1. The van der Waals surface area contributed by atoms with Gasteiger partial charge in [0.15, 0.2) is 5.75 Å². The van der Waals surface area contributed by atoms with E-state index in [0.717, 1.165) is 11.3 Å². The highest BCUT2D eigenvalue weighted by atomic mass is 32.2. The van der Waals surface area contributed by atoms with Gasteiger partial charge < -0.3 is 10.4 Å². The van der Waals surface area contributed by atoms with Crippen molar-refractivity contribution in [3.63, 3.8) is 0 Å². The minimum atomic E-state index is -4.79. The van der Waals surface area contributed by atoms with Crippen LogP contribution in [0.2, 0.25) is 0 Å². The predicted octanol–water partition coefficient (Wildman–Crippen LogP) is 7.92. The Hall–Kier alpha value is -5.02. The maximum Gasteiger partial charge on any atom is 0.296 e. The Morgan fingerprint density at radius 2 is 1.21 bits per heavy atom. The highest BCUT2D eigenvalue weighted by Crippen LogP contribution is 2.42. The molecule has 0 heterocycles. The quantitative estimate of drug-likeness (QED) is 0.0996. The fraction of sp³-hybridized carbons (Fsp3) is 0.0345. The van der Waals surface area contributed by atoms with E-state index in [2.05, 4.69) is 25.8 Å². The van der Waals surface area contributed by atoms with Crippen molar-refractivity contribution < 1.29 is 31.0 Å². The van der Waals surface area contributed by atoms with Crippen molar-refractivity contribution in [2.45, 2.75) is 16.7 Å². The first-order valence-corrected chi connectivity index (χ1v) is 15.4. The van der Waals surface area contributed by atoms with Crippen molar-refractivity contribution in [1.29, 1.82) is 0 Å². The number of para-hydroxylation sites is 1. The monoisotopic (exact) mass is 617 g/mol. The van der Waals surface area contributed by atoms with E-state index >= 15 is 0 Å². The number of rotatable bonds is 8. The van der Waals surface area contributed by atoms with Crippen LogP contribution in [0, 0.1) is 6.92 Å². The van der Waals surface area contributed by atoms with E-state index in [-0.39, 0.29) is 10.6 Å². The number of nitrogens with one attached hydrogen (secondary N) is 1. The normalized spacial score (nSPS) is 12.3. The molecule has 14 heteroatoms. The Kier molecular flexibility index (Phi) is 8.02. The van der Waals surface area contributed by atoms with Crippen LogP contribution in [0.5, 0.6) is 5.75 Å². The second kappa shape index (κ2) is 11.7. The van der Waals surface area contributed by atoms with Crippen LogP contribution >= 0.6 is 0 Å². The summed E-state index contributed by atoms with van der Waals surface area (Å²) in [5.74, 6) is -0.471. The average Bonchev–Trinajstić information content (AvgIpc) is 2.96. The molecule has 0 aliphatic heterocycles. The van der Waals surface area contributed by atoms with Crippen LogP contribution < -0.4 is 5.32 Å². The first-order chi connectivity index (χ1) is 20.4. The summed E-state index contributed by atoms with van der Waals surface area (Å²) in [5.41, 5.74) is 3.13. The minimum Gasteiger partial charge on any atom is -0.505 e. The van der Waals surface area contributed by atoms with E-state index in [1.807, 2.05) is 31.2 Å². The molecule has 0 saturated heterocycles. The van der Waals surface area contributed by atoms with Crippen LogP contribution in [0.3, 0.4) is 0 Å². The zero-order chi connectivity index (χ0) is 30.8. The fourth-order valence-electron chi connectivity index (χ4n) is 4.09. The van der Waals surface area contributed by atoms with Gasteiger partial charge in [-0.1, -0.05) is 18.2 Å². The number of benzene rings is 5. The van der Waals surface area contributed by atoms with Gasteiger partial charge >= 0.3 is 0 Å². The van der Waals surface area contributed by atoms with Gasteiger partial charge in [0.1, 0.15) is 10.6 Å². The topological polar surface area (TPSA) is 190 Å². The van der Waals surface area contributed by atoms with E-state index < -0.39 is 36.6 Å². The Bertz CT molecular complexity index is 2110. The molecule has 0 saturated carbocycles. The Labute approximate surface area is 246 Å². The molecule has 0 amide bonds. The van der Waals surface area contributed by atoms with Crippen molar-refractivity contribution in [2.24, 2.45) is 20.5 Å². The standard InChI is InChI=1S/C29H23N5O7S2/c1-18-4-2-3-5-26(18)30-23-12-15-25-19(16-23)17-27(43(39,40)41)28(29(25)35)34-33-21-8-6-20(7-9-21)31-32-22-10-13-24(14-11-22)42(36,37)38/h2-17,30,35H,1H3,(H,36,37,38)(H,39,40,41). The van der Waals surface area contributed by atoms with Crippen LogP contribution in [-0.2, 0) is 20.2 Å². The number of nitrogens with zero attached hydrogens (tertiary/aromatic N) is 4. The molecule has 0 radical (unpaired) electrons. The van der Waals surface area contributed by atoms with Gasteiger partial charge in [-0.15, -0.1) is 5.11 Å². The molecule has 0 fully saturated rings. The zero-order valence-corrected chi connectivity index (χ0v) is 24.0. The van der Waals surface area contributed by atoms with Crippen LogP contribution in [0.1, 0.15) is 5.56 Å². The second-order valence-corrected chi connectivity index (χ2v) is 12.1. The van der Waals surface area contributed by atoms with E-state index in [1.54, 1.807) is 30.3 Å². The number of aryl methyl sites for hydroxylation is 1. The molecule has 0 unspecified atom stereocenters. The summed E-state index contributed by atoms with van der Waals surface area (Å²) in [4.78, 5) is -0.879. The largest absolute Gasteiger partial charge is 0.505 e. The number of phenolic OH excluding ortho intramolecular Hbond substituents is 1. The maximum atomic E-state index is 12.2. The second-order valence-electron chi connectivity index (χ2n) is 9.31. The third-order valence-electron chi connectivity index (χ3n) is 6.28. The van der Waals surface area contributed by atoms with Crippen molar-refractivity contribution in [3.8, 4) is 5.75 Å². The number of aromatic hydroxyl groups is 1. The van der Waals surface area contributed by atoms with Gasteiger partial charge in [0.05, 0.1) is 22.0 Å². The number of hydrogen-bond acceptors (Lipinski definition) is 10. The summed E-state index contributed by atoms with van der Waals surface area (Å²) in [6, 6.07) is 25.1. The third kappa shape index (κ3) is 6.90. The number of azo groups is 2. The number of phenols is 1. The van der Waals surface area contributed by atoms with Crippen molar-refractivity contribution in [3.05, 3.63) is 103 Å². The van der Waals surface area contributed by atoms with Crippen LogP contribution in [0.4, 0.5) is 34.1 Å². The average molecular weight is 618 g/mol. The van der Waals surface area contributed by atoms with Crippen LogP contribution in [0.15, 0.2) is 127 Å². The summed E-state index contributed by atoms with van der Waals surface area (Å²) in [6.07, 6.45) is 0. The van der Waals surface area contributed by atoms with Crippen LogP contribution in [-0.4, -0.2) is 31.0 Å². The van der Waals surface area contributed by atoms with Crippen molar-refractivity contribution in [1.82, 2.24) is 0 Å². The van der Waals surface area contributed by atoms with E-state index in [0.29, 0.717) is 27.8 Å². The molecular weight excluding hydrogens is 594 g/mol. The lowest BCUT2D eigenvalue weighted by Gasteiger charge is -2.12. The van der Waals surface area contributed by atoms with Crippen molar-refractivity contribution >= 4 is 65.1 Å². The van der Waals surface area contributed by atoms with Gasteiger partial charge in [0, 0.05) is 16.8 Å². The Morgan fingerprint density at radius 1 is 0.651 bits per heavy atom. The molecule has 43 heavy (non-hydrogen) atoms. The SMILES string of the molecule is Cc1ccccc1Nc1ccc2c(O)c(N=Nc3ccc(N=Nc4ccc(S(=O)(=O)O)cc4)cc3)c(S(=O)(=O)O)cc2c1. The molecule has 0 bridgehead atoms. The van der Waals surface area contributed by atoms with E-state index in [4.69, 9.17) is 4.55 Å². The lowest BCUT2D eigenvalue weighted by Crippen LogP contribution is -1.99. The first kappa shape index (κ1) is 29.5. The van der Waals surface area contributed by atoms with Gasteiger partial charge in [-0.2, -0.15) is 32.2 Å². The first-order valence-electron chi connectivity index (χ1n) is 12.5. The van der Waals surface area contributed by atoms with Gasteiger partial charge in [0.25, 0.3) is 20.2 Å². The summed E-state index contributed by atoms with van der Waals surface area (Å²) < 4.78 is 65.8. The summed E-state index contributed by atoms with van der Waals surface area (Å²) in [6.45, 7) is 1.94. The molecule has 0 aliphatic rings. The minimum absolute atomic E-state index is 0.268. The Balaban J connectivity index is 1.40. The van der Waals surface area contributed by atoms with Gasteiger partial charge in [-0.05, 0) is 96.7 Å². The molecular formula is C29H23N5O7S2. The van der Waals surface area contributed by atoms with E-state index in [1.165, 1.54) is 42.5 Å². The molecule has 0 aliphatic carbocycles. The van der Waals surface area contributed by atoms with Gasteiger partial charge in [-0.25, -0.2) is 0 Å². The molecule has 0 atom stereocenters. The smallest absolute Gasteiger partial charge is 0.296 e. The zero-order valence-electron chi connectivity index (χ0n) is 22.3. The molecule has 218 valence electrons. The lowest BCUT2D eigenvalue weighted by molar-refractivity contribution is 0.472. The molecule has 5 rings (SSSR count). The molecule has 5 aromatic carbocycles. The summed E-state index contributed by atoms with van der Waals surface area (Å²) in [7, 11) is -9.10. The summed E-state index contributed by atoms with van der Waals surface area (Å²) >= 11 is 0. The van der Waals surface area contributed by atoms with E-state index in [9.17, 15) is 26.5 Å². The number of anilines is 2. The van der Waals surface area contributed by atoms with Crippen molar-refractivity contribution in [2.75, 3.05) is 5.32 Å². The molecule has 4 N–H and O–H groups in total. The summed E-state index contributed by atoms with van der Waals surface area (Å²) in [5, 5.41) is 30.9. The van der Waals surface area contributed by atoms with Crippen LogP contribution in [0.25, 0.3) is 10.8 Å². The molecule has 0 aromatic heterocycles. The number of fused-ring (bicyclic) bond motifs is 1. The highest BCUT2D eigenvalue weighted by molar-refractivity contribution is 7.86. The third-order valence-corrected chi connectivity index (χ3v) is 8.02.